The summed E-state index contributed by atoms with van der Waals surface area (Å²) in [5.41, 5.74) is 0.157. The molecule has 0 unspecified atom stereocenters. The van der Waals surface area contributed by atoms with Gasteiger partial charge in [-0.25, -0.2) is 8.42 Å². The Balaban J connectivity index is 2.64. The molecule has 154 valence electrons. The minimum absolute atomic E-state index is 0.146. The van der Waals surface area contributed by atoms with Crippen molar-refractivity contribution in [1.29, 1.82) is 0 Å². The number of nitrogens with one attached hydrogen (secondary N) is 2. The summed E-state index contributed by atoms with van der Waals surface area (Å²) in [7, 11) is -1.17. The summed E-state index contributed by atoms with van der Waals surface area (Å²) in [6.07, 6.45) is 8.04. The zero-order valence-electron chi connectivity index (χ0n) is 17.4. The van der Waals surface area contributed by atoms with E-state index in [1.165, 1.54) is 31.9 Å². The van der Waals surface area contributed by atoms with E-state index >= 15 is 0 Å². The Hall–Kier alpha value is -0.820. The predicted octanol–water partition coefficient (Wildman–Crippen LogP) is 2.60. The second-order valence-electron chi connectivity index (χ2n) is 8.54. The Morgan fingerprint density at radius 1 is 1.23 bits per heavy atom. The van der Waals surface area contributed by atoms with Gasteiger partial charge in [0.25, 0.3) is 0 Å². The molecule has 0 bridgehead atoms. The largest absolute Gasteiger partial charge is 0.385 e. The molecule has 0 radical (unpaired) electrons. The number of methoxy groups -OCH3 is 1. The predicted molar refractivity (Wildman–Crippen MR) is 109 cm³/mol. The van der Waals surface area contributed by atoms with Crippen LogP contribution in [0.4, 0.5) is 0 Å². The molecular weight excluding hydrogens is 350 g/mol. The van der Waals surface area contributed by atoms with Crippen LogP contribution < -0.4 is 10.6 Å². The highest BCUT2D eigenvalue weighted by Gasteiger charge is 2.33. The van der Waals surface area contributed by atoms with Gasteiger partial charge in [0.2, 0.25) is 0 Å². The maximum Gasteiger partial charge on any atom is 0.191 e. The number of aliphatic imine (C=N–C) groups is 1. The van der Waals surface area contributed by atoms with Crippen LogP contribution in [-0.4, -0.2) is 59.7 Å². The van der Waals surface area contributed by atoms with Crippen LogP contribution in [0.15, 0.2) is 4.99 Å². The fraction of sp³-hybridized carbons (Fsp3) is 0.947. The Labute approximate surface area is 160 Å². The Morgan fingerprint density at radius 3 is 2.42 bits per heavy atom. The summed E-state index contributed by atoms with van der Waals surface area (Å²) >= 11 is 0. The van der Waals surface area contributed by atoms with E-state index in [1.54, 1.807) is 7.11 Å². The summed E-state index contributed by atoms with van der Waals surface area (Å²) in [4.78, 5) is 4.73. The van der Waals surface area contributed by atoms with E-state index in [4.69, 9.17) is 9.73 Å². The molecule has 0 aliphatic heterocycles. The van der Waals surface area contributed by atoms with Crippen LogP contribution in [0.1, 0.15) is 59.3 Å². The van der Waals surface area contributed by atoms with Crippen molar-refractivity contribution in [3.05, 3.63) is 0 Å². The third kappa shape index (κ3) is 9.21. The standard InChI is InChI=1S/C19H39N3O3S/c1-6-20-17(21-15-18(2,3)12-14-26(5,23)24)22-16-19(11-13-25-4)9-7-8-10-19/h6-16H2,1-5H3,(H2,20,21,22). The highest BCUT2D eigenvalue weighted by molar-refractivity contribution is 7.90. The van der Waals surface area contributed by atoms with Crippen LogP contribution >= 0.6 is 0 Å². The number of hydrogen-bond acceptors (Lipinski definition) is 4. The topological polar surface area (TPSA) is 79.8 Å². The van der Waals surface area contributed by atoms with Gasteiger partial charge in [-0.15, -0.1) is 0 Å². The van der Waals surface area contributed by atoms with E-state index < -0.39 is 9.84 Å². The molecule has 1 saturated carbocycles. The van der Waals surface area contributed by atoms with Crippen molar-refractivity contribution in [2.24, 2.45) is 15.8 Å². The summed E-state index contributed by atoms with van der Waals surface area (Å²) in [6.45, 7) is 9.32. The molecule has 0 aromatic carbocycles. The number of nitrogens with zero attached hydrogens (tertiary/aromatic N) is 1. The molecule has 0 saturated heterocycles. The summed E-state index contributed by atoms with van der Waals surface area (Å²) in [5, 5.41) is 6.84. The molecule has 1 aliphatic rings. The molecule has 6 nitrogen and oxygen atoms in total. The molecule has 0 amide bonds. The number of ether oxygens (including phenoxy) is 1. The second kappa shape index (κ2) is 10.5. The average Bonchev–Trinajstić information content (AvgIpc) is 3.03. The highest BCUT2D eigenvalue weighted by atomic mass is 32.2. The average molecular weight is 390 g/mol. The number of rotatable bonds is 11. The quantitative estimate of drug-likeness (QED) is 0.419. The van der Waals surface area contributed by atoms with Crippen molar-refractivity contribution in [2.45, 2.75) is 59.3 Å². The number of hydrogen-bond donors (Lipinski definition) is 2. The van der Waals surface area contributed by atoms with Gasteiger partial charge in [0.05, 0.1) is 5.75 Å². The number of guanidine groups is 1. The van der Waals surface area contributed by atoms with Gasteiger partial charge in [0, 0.05) is 39.6 Å². The van der Waals surface area contributed by atoms with Gasteiger partial charge >= 0.3 is 0 Å². The number of sulfone groups is 1. The smallest absolute Gasteiger partial charge is 0.191 e. The van der Waals surface area contributed by atoms with E-state index in [0.29, 0.717) is 18.4 Å². The van der Waals surface area contributed by atoms with Gasteiger partial charge in [0.1, 0.15) is 9.84 Å². The maximum absolute atomic E-state index is 11.4. The zero-order valence-corrected chi connectivity index (χ0v) is 18.2. The lowest BCUT2D eigenvalue weighted by Crippen LogP contribution is -2.43. The molecule has 26 heavy (non-hydrogen) atoms. The lowest BCUT2D eigenvalue weighted by molar-refractivity contribution is 0.138. The van der Waals surface area contributed by atoms with E-state index in [2.05, 4.69) is 31.4 Å². The van der Waals surface area contributed by atoms with E-state index in [1.807, 2.05) is 0 Å². The van der Waals surface area contributed by atoms with Crippen molar-refractivity contribution in [2.75, 3.05) is 45.4 Å². The third-order valence-electron chi connectivity index (χ3n) is 5.29. The molecule has 2 N–H and O–H groups in total. The summed E-state index contributed by atoms with van der Waals surface area (Å²) in [5.74, 6) is 1.03. The summed E-state index contributed by atoms with van der Waals surface area (Å²) in [6, 6.07) is 0. The van der Waals surface area contributed by atoms with Crippen molar-refractivity contribution >= 4 is 15.8 Å². The van der Waals surface area contributed by atoms with Crippen LogP contribution in [0, 0.1) is 10.8 Å². The molecule has 1 rings (SSSR count). The molecule has 0 atom stereocenters. The van der Waals surface area contributed by atoms with Crippen LogP contribution in [-0.2, 0) is 14.6 Å². The second-order valence-corrected chi connectivity index (χ2v) is 10.8. The van der Waals surface area contributed by atoms with Gasteiger partial charge in [0.15, 0.2) is 5.96 Å². The normalized spacial score (nSPS) is 18.1. The summed E-state index contributed by atoms with van der Waals surface area (Å²) < 4.78 is 28.1. The van der Waals surface area contributed by atoms with Crippen molar-refractivity contribution in [3.8, 4) is 0 Å². The third-order valence-corrected chi connectivity index (χ3v) is 6.24. The SMILES string of the molecule is CCNC(=NCC(C)(C)CCS(C)(=O)=O)NCC1(CCOC)CCCC1. The minimum Gasteiger partial charge on any atom is -0.385 e. The van der Waals surface area contributed by atoms with Crippen LogP contribution in [0.2, 0.25) is 0 Å². The van der Waals surface area contributed by atoms with Gasteiger partial charge in [-0.1, -0.05) is 26.7 Å². The van der Waals surface area contributed by atoms with Crippen molar-refractivity contribution in [1.82, 2.24) is 10.6 Å². The lowest BCUT2D eigenvalue weighted by Gasteiger charge is -2.30. The molecule has 0 aromatic heterocycles. The van der Waals surface area contributed by atoms with E-state index in [-0.39, 0.29) is 11.2 Å². The first-order valence-electron chi connectivity index (χ1n) is 9.80. The van der Waals surface area contributed by atoms with Gasteiger partial charge in [-0.2, -0.15) is 0 Å². The molecule has 1 aliphatic carbocycles. The highest BCUT2D eigenvalue weighted by Crippen LogP contribution is 2.40. The molecule has 0 heterocycles. The molecule has 1 fully saturated rings. The first-order chi connectivity index (χ1) is 12.1. The Bertz CT molecular complexity index is 538. The van der Waals surface area contributed by atoms with E-state index in [9.17, 15) is 8.42 Å². The minimum atomic E-state index is -2.94. The lowest BCUT2D eigenvalue weighted by atomic mass is 9.83. The van der Waals surface area contributed by atoms with Gasteiger partial charge in [-0.05, 0) is 43.4 Å². The van der Waals surface area contributed by atoms with Crippen LogP contribution in [0.25, 0.3) is 0 Å². The first kappa shape index (κ1) is 23.2. The Morgan fingerprint density at radius 2 is 1.88 bits per heavy atom. The van der Waals surface area contributed by atoms with Gasteiger partial charge < -0.3 is 15.4 Å². The molecule has 0 aromatic rings. The van der Waals surface area contributed by atoms with Crippen molar-refractivity contribution in [3.63, 3.8) is 0 Å². The maximum atomic E-state index is 11.4. The molecule has 0 spiro atoms. The Kier molecular flexibility index (Phi) is 9.38. The van der Waals surface area contributed by atoms with Crippen LogP contribution in [0.5, 0.6) is 0 Å². The van der Waals surface area contributed by atoms with Gasteiger partial charge in [-0.3, -0.25) is 4.99 Å². The van der Waals surface area contributed by atoms with Crippen molar-refractivity contribution < 1.29 is 13.2 Å². The first-order valence-corrected chi connectivity index (χ1v) is 11.9. The molecular formula is C19H39N3O3S. The molecule has 7 heteroatoms. The monoisotopic (exact) mass is 389 g/mol. The zero-order chi connectivity index (χ0) is 19.7. The van der Waals surface area contributed by atoms with E-state index in [0.717, 1.165) is 32.1 Å². The fourth-order valence-electron chi connectivity index (χ4n) is 3.41. The van der Waals surface area contributed by atoms with Crippen LogP contribution in [0.3, 0.4) is 0 Å². The fourth-order valence-corrected chi connectivity index (χ4v) is 4.33.